The molecular weight excluding hydrogens is 792 g/mol. The SMILES string of the molecule is C[C@@H]1O[C@@H](O[C@@H]2C[C@H](O[C@@H]3C[C@H](Oc4ccc(O)cc4)O[C@H](C)[C@H]3O)O[C@H](C)[C@H]2O)CC[C@@H]1O[C@H]1C[C@@H](O[C@H]2C[C@@H](O[C@H]3CC[C@H](O)[C@H](C)O3)[C@H](O)[C@@H](C)O2)[C@H](O)[C@@H](C)O1. The van der Waals surface area contributed by atoms with Crippen LogP contribution < -0.4 is 4.74 Å². The van der Waals surface area contributed by atoms with Gasteiger partial charge in [-0.3, -0.25) is 0 Å². The molecule has 6 saturated heterocycles. The summed E-state index contributed by atoms with van der Waals surface area (Å²) < 4.78 is 73.5. The second-order valence-electron chi connectivity index (χ2n) is 17.2. The van der Waals surface area contributed by atoms with E-state index in [2.05, 4.69) is 0 Å². The molecule has 6 fully saturated rings. The van der Waals surface area contributed by atoms with Gasteiger partial charge in [0.1, 0.15) is 35.9 Å². The first-order valence-corrected chi connectivity index (χ1v) is 21.7. The normalized spacial score (nSPS) is 48.0. The van der Waals surface area contributed by atoms with Crippen molar-refractivity contribution in [2.24, 2.45) is 0 Å². The molecule has 6 aliphatic rings. The Morgan fingerprint density at radius 3 is 1.18 bits per heavy atom. The molecule has 1 aromatic carbocycles. The molecule has 0 amide bonds. The molecular formula is C42H66O18. The van der Waals surface area contributed by atoms with Gasteiger partial charge in [0.15, 0.2) is 31.5 Å². The lowest BCUT2D eigenvalue weighted by atomic mass is 9.99. The maximum absolute atomic E-state index is 11.1. The Morgan fingerprint density at radius 2 is 0.750 bits per heavy atom. The lowest BCUT2D eigenvalue weighted by Crippen LogP contribution is -2.55. The lowest BCUT2D eigenvalue weighted by molar-refractivity contribution is -0.338. The Morgan fingerprint density at radius 1 is 0.400 bits per heavy atom. The number of benzene rings is 1. The zero-order chi connectivity index (χ0) is 42.8. The average Bonchev–Trinajstić information content (AvgIpc) is 3.19. The first kappa shape index (κ1) is 46.2. The number of aliphatic hydroxyl groups is 5. The smallest absolute Gasteiger partial charge is 0.202 e. The van der Waals surface area contributed by atoms with Gasteiger partial charge in [-0.1, -0.05) is 0 Å². The van der Waals surface area contributed by atoms with E-state index in [-0.39, 0.29) is 43.6 Å². The molecule has 0 saturated carbocycles. The number of aromatic hydroxyl groups is 1. The molecule has 0 spiro atoms. The Balaban J connectivity index is 0.882. The second kappa shape index (κ2) is 20.3. The van der Waals surface area contributed by atoms with E-state index in [4.69, 9.17) is 56.8 Å². The van der Waals surface area contributed by atoms with Crippen LogP contribution in [-0.4, -0.2) is 166 Å². The van der Waals surface area contributed by atoms with Crippen molar-refractivity contribution in [3.05, 3.63) is 24.3 Å². The summed E-state index contributed by atoms with van der Waals surface area (Å²) in [4.78, 5) is 0. The maximum atomic E-state index is 11.1. The predicted octanol–water partition coefficient (Wildman–Crippen LogP) is 2.09. The van der Waals surface area contributed by atoms with Crippen LogP contribution in [0.2, 0.25) is 0 Å². The number of hydrogen-bond acceptors (Lipinski definition) is 18. The van der Waals surface area contributed by atoms with Crippen molar-refractivity contribution in [2.45, 2.75) is 228 Å². The molecule has 22 atom stereocenters. The van der Waals surface area contributed by atoms with Crippen LogP contribution in [-0.2, 0) is 52.1 Å². The van der Waals surface area contributed by atoms with Crippen LogP contribution in [0.25, 0.3) is 0 Å². The third kappa shape index (κ3) is 11.5. The van der Waals surface area contributed by atoms with Gasteiger partial charge in [-0.05, 0) is 78.6 Å². The summed E-state index contributed by atoms with van der Waals surface area (Å²) in [5.41, 5.74) is 0. The lowest BCUT2D eigenvalue weighted by Gasteiger charge is -2.45. The molecule has 6 N–H and O–H groups in total. The highest BCUT2D eigenvalue weighted by atomic mass is 16.8. The monoisotopic (exact) mass is 858 g/mol. The van der Waals surface area contributed by atoms with Crippen molar-refractivity contribution < 1.29 is 87.5 Å². The standard InChI is InChI=1S/C42H66O18/c1-19-27(44)11-13-33(49-19)57-29-16-38(54-22(4)39(29)45)60-32-18-36(52-24(6)42(32)48)56-28-12-14-34(50-20(28)2)58-30-17-37(53-23(5)40(30)46)59-31-15-35(51-21(3)41(31)47)55-26-9-7-25(43)8-10-26/h7-10,19-24,27-48H,11-18H2,1-6H3/t19-,20-,21+,22+,23+,24+,27-,28-,29+,30+,31+,32+,33-,34-,35-,36-,37-,38-,39+,40+,41+,42+/m0/s1. The van der Waals surface area contributed by atoms with E-state index in [1.807, 2.05) is 6.92 Å². The van der Waals surface area contributed by atoms with Crippen molar-refractivity contribution in [3.8, 4) is 11.5 Å². The van der Waals surface area contributed by atoms with Crippen molar-refractivity contribution in [2.75, 3.05) is 0 Å². The van der Waals surface area contributed by atoms with Gasteiger partial charge in [-0.2, -0.15) is 0 Å². The van der Waals surface area contributed by atoms with E-state index in [1.165, 1.54) is 12.1 Å². The van der Waals surface area contributed by atoms with Crippen LogP contribution in [0.5, 0.6) is 11.5 Å². The van der Waals surface area contributed by atoms with Gasteiger partial charge in [0, 0.05) is 38.5 Å². The van der Waals surface area contributed by atoms with Gasteiger partial charge in [0.05, 0.1) is 73.2 Å². The van der Waals surface area contributed by atoms with Gasteiger partial charge in [0.2, 0.25) is 6.29 Å². The van der Waals surface area contributed by atoms with Crippen LogP contribution in [0.1, 0.15) is 92.9 Å². The molecule has 60 heavy (non-hydrogen) atoms. The fraction of sp³-hybridized carbons (Fsp3) is 0.857. The molecule has 342 valence electrons. The van der Waals surface area contributed by atoms with E-state index in [0.29, 0.717) is 31.4 Å². The molecule has 0 unspecified atom stereocenters. The van der Waals surface area contributed by atoms with E-state index in [0.717, 1.165) is 0 Å². The van der Waals surface area contributed by atoms with Gasteiger partial charge >= 0.3 is 0 Å². The molecule has 6 aliphatic heterocycles. The Labute approximate surface area is 351 Å². The minimum Gasteiger partial charge on any atom is -0.508 e. The number of phenolic OH excluding ortho intramolecular Hbond substituents is 1. The molecule has 0 bridgehead atoms. The van der Waals surface area contributed by atoms with E-state index >= 15 is 0 Å². The first-order chi connectivity index (χ1) is 28.6. The summed E-state index contributed by atoms with van der Waals surface area (Å²) in [5, 5.41) is 63.6. The highest BCUT2D eigenvalue weighted by Crippen LogP contribution is 2.36. The summed E-state index contributed by atoms with van der Waals surface area (Å²) in [7, 11) is 0. The first-order valence-electron chi connectivity index (χ1n) is 21.7. The average molecular weight is 859 g/mol. The molecule has 6 heterocycles. The van der Waals surface area contributed by atoms with Crippen LogP contribution in [0.4, 0.5) is 0 Å². The van der Waals surface area contributed by atoms with Crippen LogP contribution in [0.15, 0.2) is 24.3 Å². The maximum Gasteiger partial charge on any atom is 0.202 e. The largest absolute Gasteiger partial charge is 0.508 e. The summed E-state index contributed by atoms with van der Waals surface area (Å²) in [6.45, 7) is 10.6. The molecule has 18 heteroatoms. The topological polar surface area (TPSA) is 232 Å². The van der Waals surface area contributed by atoms with Crippen molar-refractivity contribution in [1.82, 2.24) is 0 Å². The van der Waals surface area contributed by atoms with Crippen LogP contribution in [0.3, 0.4) is 0 Å². The Hall–Kier alpha value is -1.82. The molecule has 7 rings (SSSR count). The molecule has 18 nitrogen and oxygen atoms in total. The zero-order valence-electron chi connectivity index (χ0n) is 35.3. The van der Waals surface area contributed by atoms with E-state index in [1.54, 1.807) is 46.8 Å². The number of ether oxygens (including phenoxy) is 12. The molecule has 0 aromatic heterocycles. The van der Waals surface area contributed by atoms with E-state index < -0.39 is 123 Å². The van der Waals surface area contributed by atoms with Crippen LogP contribution in [0, 0.1) is 0 Å². The third-order valence-electron chi connectivity index (χ3n) is 12.5. The summed E-state index contributed by atoms with van der Waals surface area (Å²) in [6.07, 6.45) is -12.0. The third-order valence-corrected chi connectivity index (χ3v) is 12.5. The fourth-order valence-electron chi connectivity index (χ4n) is 8.81. The van der Waals surface area contributed by atoms with Gasteiger partial charge in [-0.25, -0.2) is 0 Å². The summed E-state index contributed by atoms with van der Waals surface area (Å²) >= 11 is 0. The van der Waals surface area contributed by atoms with Crippen molar-refractivity contribution in [1.29, 1.82) is 0 Å². The number of hydrogen-bond donors (Lipinski definition) is 6. The van der Waals surface area contributed by atoms with Gasteiger partial charge < -0.3 is 87.5 Å². The number of phenols is 1. The molecule has 0 radical (unpaired) electrons. The Bertz CT molecular complexity index is 1470. The predicted molar refractivity (Wildman–Crippen MR) is 206 cm³/mol. The van der Waals surface area contributed by atoms with Crippen LogP contribution >= 0.6 is 0 Å². The second-order valence-corrected chi connectivity index (χ2v) is 17.2. The summed E-state index contributed by atoms with van der Waals surface area (Å²) in [6, 6.07) is 6.27. The van der Waals surface area contributed by atoms with Gasteiger partial charge in [0.25, 0.3) is 0 Å². The minimum atomic E-state index is -0.962. The number of rotatable bonds is 12. The molecule has 0 aliphatic carbocycles. The minimum absolute atomic E-state index is 0.112. The highest BCUT2D eigenvalue weighted by molar-refractivity contribution is 5.30. The van der Waals surface area contributed by atoms with Crippen molar-refractivity contribution >= 4 is 0 Å². The zero-order valence-corrected chi connectivity index (χ0v) is 35.3. The van der Waals surface area contributed by atoms with Gasteiger partial charge in [-0.15, -0.1) is 0 Å². The van der Waals surface area contributed by atoms with E-state index in [9.17, 15) is 30.6 Å². The summed E-state index contributed by atoms with van der Waals surface area (Å²) in [5.74, 6) is 0.609. The Kier molecular flexibility index (Phi) is 15.7. The quantitative estimate of drug-likeness (QED) is 0.177. The number of aliphatic hydroxyl groups excluding tert-OH is 5. The van der Waals surface area contributed by atoms with Crippen molar-refractivity contribution in [3.63, 3.8) is 0 Å². The molecule has 1 aromatic rings. The highest BCUT2D eigenvalue weighted by Gasteiger charge is 2.47. The fourth-order valence-corrected chi connectivity index (χ4v) is 8.81.